The standard InChI is InChI=1S/C37H56N2.C12H18O2.Ni/c1-7-8-9-10-11-12-13-14-15-16-17-18-19-20-21-22-23-37(39-36-28-32(4)25-33(5)29-36)34(6)38-35-26-30(2)24-31(3)27-35;1-4-6-9-7-11(13)12(14)10(5-2)8(9)3;/h22-29H,7-21H2,1-6H3;7,13-14H,4-6H2,1-3H3;/q;;+2/p-2. The summed E-state index contributed by atoms with van der Waals surface area (Å²) in [5.41, 5.74) is 11.6. The van der Waals surface area contributed by atoms with Gasteiger partial charge in [-0.2, -0.15) is 0 Å². The smallest absolute Gasteiger partial charge is 0.873 e. The number of benzene rings is 3. The molecule has 0 heterocycles. The Kier molecular flexibility index (Phi) is 25.6. The van der Waals surface area contributed by atoms with Crippen molar-refractivity contribution in [2.24, 2.45) is 9.98 Å². The van der Waals surface area contributed by atoms with E-state index in [1.165, 1.54) is 118 Å². The number of hydrogen-bond donors (Lipinski definition) is 0. The summed E-state index contributed by atoms with van der Waals surface area (Å²) in [5.74, 6) is -0.666. The Morgan fingerprint density at radius 3 is 1.46 bits per heavy atom. The first-order valence-electron chi connectivity index (χ1n) is 21.0. The third-order valence-corrected chi connectivity index (χ3v) is 9.94. The molecule has 0 saturated heterocycles. The summed E-state index contributed by atoms with van der Waals surface area (Å²) in [4.78, 5) is 9.98. The zero-order valence-corrected chi connectivity index (χ0v) is 36.4. The average molecular weight is 780 g/mol. The monoisotopic (exact) mass is 778 g/mol. The second kappa shape index (κ2) is 28.3. The van der Waals surface area contributed by atoms with Gasteiger partial charge in [0.1, 0.15) is 0 Å². The summed E-state index contributed by atoms with van der Waals surface area (Å²) >= 11 is 0. The van der Waals surface area contributed by atoms with Crippen molar-refractivity contribution in [2.75, 3.05) is 0 Å². The molecule has 0 aliphatic carbocycles. The molecule has 0 fully saturated rings. The van der Waals surface area contributed by atoms with Gasteiger partial charge in [0.2, 0.25) is 0 Å². The summed E-state index contributed by atoms with van der Waals surface area (Å²) in [6.07, 6.45) is 27.7. The van der Waals surface area contributed by atoms with Gasteiger partial charge in [-0.3, -0.25) is 4.99 Å². The summed E-state index contributed by atoms with van der Waals surface area (Å²) < 4.78 is 0. The van der Waals surface area contributed by atoms with Crippen LogP contribution in [-0.4, -0.2) is 11.4 Å². The Labute approximate surface area is 341 Å². The molecular weight excluding hydrogens is 707 g/mol. The topological polar surface area (TPSA) is 70.8 Å². The average Bonchev–Trinajstić information content (AvgIpc) is 3.09. The number of hydrogen-bond acceptors (Lipinski definition) is 4. The van der Waals surface area contributed by atoms with Crippen molar-refractivity contribution in [2.45, 2.75) is 178 Å². The molecule has 0 aromatic heterocycles. The number of aryl methyl sites for hydroxylation is 5. The molecular formula is C49H72N2NiO2. The first-order chi connectivity index (χ1) is 25.5. The molecule has 300 valence electrons. The van der Waals surface area contributed by atoms with Crippen LogP contribution in [0, 0.1) is 34.6 Å². The number of nitrogens with zero attached hydrogens (tertiary/aromatic N) is 2. The van der Waals surface area contributed by atoms with Gasteiger partial charge in [0.05, 0.1) is 22.8 Å². The van der Waals surface area contributed by atoms with Crippen LogP contribution >= 0.6 is 0 Å². The van der Waals surface area contributed by atoms with Gasteiger partial charge in [0.25, 0.3) is 0 Å². The molecule has 3 rings (SSSR count). The second-order valence-electron chi connectivity index (χ2n) is 15.2. The van der Waals surface area contributed by atoms with Crippen LogP contribution in [0.15, 0.2) is 64.6 Å². The summed E-state index contributed by atoms with van der Waals surface area (Å²) in [7, 11) is 0. The van der Waals surface area contributed by atoms with Crippen LogP contribution in [0.4, 0.5) is 11.4 Å². The van der Waals surface area contributed by atoms with Gasteiger partial charge in [-0.1, -0.05) is 141 Å². The summed E-state index contributed by atoms with van der Waals surface area (Å²) in [5, 5.41) is 22.8. The van der Waals surface area contributed by atoms with Crippen LogP contribution in [-0.2, 0) is 29.3 Å². The van der Waals surface area contributed by atoms with Crippen LogP contribution < -0.4 is 10.2 Å². The van der Waals surface area contributed by atoms with Crippen molar-refractivity contribution in [1.82, 2.24) is 0 Å². The van der Waals surface area contributed by atoms with Crippen molar-refractivity contribution in [3.8, 4) is 11.5 Å². The Balaban J connectivity index is 0.000000814. The third-order valence-electron chi connectivity index (χ3n) is 9.94. The van der Waals surface area contributed by atoms with Crippen molar-refractivity contribution in [3.05, 3.63) is 93.6 Å². The van der Waals surface area contributed by atoms with Crippen LogP contribution in [0.25, 0.3) is 0 Å². The number of unbranched alkanes of at least 4 members (excludes halogenated alkanes) is 14. The van der Waals surface area contributed by atoms with Gasteiger partial charge in [0.15, 0.2) is 0 Å². The third kappa shape index (κ3) is 19.4. The first kappa shape index (κ1) is 48.9. The van der Waals surface area contributed by atoms with Crippen molar-refractivity contribution >= 4 is 22.8 Å². The van der Waals surface area contributed by atoms with Gasteiger partial charge in [-0.25, -0.2) is 4.99 Å². The van der Waals surface area contributed by atoms with E-state index in [1.807, 2.05) is 13.8 Å². The van der Waals surface area contributed by atoms with Gasteiger partial charge >= 0.3 is 16.5 Å². The molecule has 3 aromatic carbocycles. The van der Waals surface area contributed by atoms with Gasteiger partial charge < -0.3 is 10.2 Å². The predicted octanol–water partition coefficient (Wildman–Crippen LogP) is 13.9. The molecule has 4 nitrogen and oxygen atoms in total. The molecule has 0 N–H and O–H groups in total. The van der Waals surface area contributed by atoms with Crippen molar-refractivity contribution in [1.29, 1.82) is 0 Å². The van der Waals surface area contributed by atoms with Gasteiger partial charge in [-0.05, 0) is 131 Å². The molecule has 0 bridgehead atoms. The van der Waals surface area contributed by atoms with E-state index in [1.54, 1.807) is 0 Å². The number of rotatable bonds is 22. The maximum absolute atomic E-state index is 11.5. The van der Waals surface area contributed by atoms with Crippen molar-refractivity contribution < 1.29 is 26.7 Å². The van der Waals surface area contributed by atoms with Gasteiger partial charge in [-0.15, -0.1) is 11.5 Å². The molecule has 3 aromatic rings. The van der Waals surface area contributed by atoms with E-state index in [9.17, 15) is 10.2 Å². The fraction of sp³-hybridized carbons (Fsp3) is 0.551. The molecule has 0 radical (unpaired) electrons. The molecule has 0 amide bonds. The quantitative estimate of drug-likeness (QED) is 0.0579. The van der Waals surface area contributed by atoms with E-state index in [-0.39, 0.29) is 28.0 Å². The van der Waals surface area contributed by atoms with E-state index < -0.39 is 0 Å². The van der Waals surface area contributed by atoms with Crippen LogP contribution in [0.3, 0.4) is 0 Å². The molecule has 0 unspecified atom stereocenters. The van der Waals surface area contributed by atoms with Crippen molar-refractivity contribution in [3.63, 3.8) is 0 Å². The zero-order valence-electron chi connectivity index (χ0n) is 35.5. The minimum absolute atomic E-state index is 0. The fourth-order valence-corrected chi connectivity index (χ4v) is 7.11. The SMILES string of the molecule is CCCCCCCCCCCCCCCCC=CC(=Nc1cc(C)cc(C)c1)C(C)=Nc1cc(C)cc(C)c1.CCCc1cc([O-])c([O-])c(CC)c1C.[Ni+2]. The van der Waals surface area contributed by atoms with E-state index in [2.05, 4.69) is 97.0 Å². The summed E-state index contributed by atoms with van der Waals surface area (Å²) in [6, 6.07) is 14.5. The normalized spacial score (nSPS) is 11.8. The maximum atomic E-state index is 11.5. The largest absolute Gasteiger partial charge is 2.00 e. The van der Waals surface area contributed by atoms with E-state index >= 15 is 0 Å². The number of aliphatic imine (C=N–C) groups is 2. The first-order valence-corrected chi connectivity index (χ1v) is 21.0. The van der Waals surface area contributed by atoms with Crippen LogP contribution in [0.2, 0.25) is 0 Å². The molecule has 0 atom stereocenters. The Morgan fingerprint density at radius 2 is 1.02 bits per heavy atom. The fourth-order valence-electron chi connectivity index (χ4n) is 7.11. The minimum atomic E-state index is -0.351. The molecule has 54 heavy (non-hydrogen) atoms. The Bertz CT molecular complexity index is 1560. The van der Waals surface area contributed by atoms with Gasteiger partial charge in [0, 0.05) is 0 Å². The maximum Gasteiger partial charge on any atom is 2.00 e. The zero-order chi connectivity index (χ0) is 39.0. The molecule has 0 aliphatic rings. The van der Waals surface area contributed by atoms with E-state index in [4.69, 9.17) is 9.98 Å². The van der Waals surface area contributed by atoms with E-state index in [0.717, 1.165) is 53.2 Å². The van der Waals surface area contributed by atoms with Crippen LogP contribution in [0.5, 0.6) is 11.5 Å². The molecule has 5 heteroatoms. The summed E-state index contributed by atoms with van der Waals surface area (Å²) in [6.45, 7) is 18.8. The molecule has 0 aliphatic heterocycles. The van der Waals surface area contributed by atoms with Crippen LogP contribution in [0.1, 0.15) is 169 Å². The minimum Gasteiger partial charge on any atom is -0.873 e. The Morgan fingerprint density at radius 1 is 0.574 bits per heavy atom. The Hall–Kier alpha value is -3.17. The molecule has 0 spiro atoms. The number of allylic oxidation sites excluding steroid dienone is 2. The second-order valence-corrected chi connectivity index (χ2v) is 15.2. The predicted molar refractivity (Wildman–Crippen MR) is 229 cm³/mol. The van der Waals surface area contributed by atoms with E-state index in [0.29, 0.717) is 12.0 Å². The molecule has 0 saturated carbocycles.